The van der Waals surface area contributed by atoms with Gasteiger partial charge in [0.05, 0.1) is 5.41 Å². The second-order valence-electron chi connectivity index (χ2n) is 3.17. The molecule has 1 atom stereocenters. The second kappa shape index (κ2) is 5.03. The summed E-state index contributed by atoms with van der Waals surface area (Å²) >= 11 is 0. The minimum Gasteiger partial charge on any atom is -0.170 e. The number of allylic oxidation sites excluding steroid dienone is 6. The Morgan fingerprint density at radius 2 is 1.43 bits per heavy atom. The Morgan fingerprint density at radius 3 is 1.79 bits per heavy atom. The Hall–Kier alpha value is -0.990. The lowest BCUT2D eigenvalue weighted by Crippen LogP contribution is -2.31. The first-order chi connectivity index (χ1) is 6.37. The molecule has 0 nitrogen and oxygen atoms in total. The van der Waals surface area contributed by atoms with Crippen LogP contribution < -0.4 is 0 Å². The lowest BCUT2D eigenvalue weighted by molar-refractivity contribution is -0.183. The second-order valence-corrected chi connectivity index (χ2v) is 3.17. The van der Waals surface area contributed by atoms with Gasteiger partial charge in [-0.1, -0.05) is 36.5 Å². The van der Waals surface area contributed by atoms with E-state index in [0.717, 1.165) is 19.1 Å². The third-order valence-electron chi connectivity index (χ3n) is 1.87. The molecular weight excluding hydrogens is 189 g/mol. The maximum absolute atomic E-state index is 12.6. The molecule has 0 bridgehead atoms. The van der Waals surface area contributed by atoms with E-state index >= 15 is 0 Å². The summed E-state index contributed by atoms with van der Waals surface area (Å²) < 4.78 is 37.8. The number of hydrogen-bond acceptors (Lipinski definition) is 0. The van der Waals surface area contributed by atoms with Crippen LogP contribution in [0.25, 0.3) is 0 Å². The molecular formula is C11H15F3. The van der Waals surface area contributed by atoms with Crippen molar-refractivity contribution in [2.45, 2.75) is 26.9 Å². The van der Waals surface area contributed by atoms with Crippen LogP contribution in [0.3, 0.4) is 0 Å². The number of halogens is 3. The van der Waals surface area contributed by atoms with Gasteiger partial charge in [0.2, 0.25) is 0 Å². The molecule has 0 spiro atoms. The summed E-state index contributed by atoms with van der Waals surface area (Å²) in [6, 6.07) is 0. The van der Waals surface area contributed by atoms with Gasteiger partial charge in [0.25, 0.3) is 0 Å². The first-order valence-corrected chi connectivity index (χ1v) is 4.38. The average molecular weight is 204 g/mol. The van der Waals surface area contributed by atoms with E-state index in [-0.39, 0.29) is 0 Å². The van der Waals surface area contributed by atoms with Crippen molar-refractivity contribution in [3.63, 3.8) is 0 Å². The molecule has 0 saturated heterocycles. The van der Waals surface area contributed by atoms with Gasteiger partial charge >= 0.3 is 6.18 Å². The quantitative estimate of drug-likeness (QED) is 0.476. The van der Waals surface area contributed by atoms with E-state index in [0.29, 0.717) is 0 Å². The van der Waals surface area contributed by atoms with Gasteiger partial charge in [-0.3, -0.25) is 0 Å². The Labute approximate surface area is 82.8 Å². The van der Waals surface area contributed by atoms with E-state index in [1.54, 1.807) is 26.0 Å². The predicted molar refractivity (Wildman–Crippen MR) is 52.9 cm³/mol. The van der Waals surface area contributed by atoms with Gasteiger partial charge in [-0.05, 0) is 20.8 Å². The van der Waals surface area contributed by atoms with Crippen LogP contribution in [0.15, 0.2) is 36.5 Å². The van der Waals surface area contributed by atoms with Crippen LogP contribution in [0.1, 0.15) is 20.8 Å². The Morgan fingerprint density at radius 1 is 0.857 bits per heavy atom. The van der Waals surface area contributed by atoms with Crippen molar-refractivity contribution in [2.75, 3.05) is 0 Å². The van der Waals surface area contributed by atoms with Crippen LogP contribution in [0.5, 0.6) is 0 Å². The van der Waals surface area contributed by atoms with E-state index in [2.05, 4.69) is 0 Å². The standard InChI is InChI=1S/C11H15F3/c1-4-6-7-9-10(3,8-5-2)11(12,13)14/h4-9H,1-3H3/b6-4?,8-5-,9-7-. The van der Waals surface area contributed by atoms with Gasteiger partial charge in [-0.2, -0.15) is 13.2 Å². The number of alkyl halides is 3. The first kappa shape index (κ1) is 13.0. The zero-order valence-electron chi connectivity index (χ0n) is 8.60. The molecule has 0 rings (SSSR count). The Bertz CT molecular complexity index is 246. The van der Waals surface area contributed by atoms with E-state index in [1.807, 2.05) is 0 Å². The molecule has 0 aliphatic heterocycles. The zero-order chi connectivity index (χ0) is 11.2. The van der Waals surface area contributed by atoms with Crippen LogP contribution in [-0.4, -0.2) is 6.18 Å². The minimum absolute atomic E-state index is 1.15. The highest BCUT2D eigenvalue weighted by Gasteiger charge is 2.46. The SMILES string of the molecule is CC=C/C=C\C(C)(/C=C\C)C(F)(F)F. The number of hydrogen-bond donors (Lipinski definition) is 0. The fourth-order valence-corrected chi connectivity index (χ4v) is 0.957. The van der Waals surface area contributed by atoms with Crippen molar-refractivity contribution in [2.24, 2.45) is 5.41 Å². The molecule has 0 saturated carbocycles. The predicted octanol–water partition coefficient (Wildman–Crippen LogP) is 4.26. The molecule has 0 aromatic heterocycles. The molecule has 0 radical (unpaired) electrons. The highest BCUT2D eigenvalue weighted by Crippen LogP contribution is 2.40. The maximum Gasteiger partial charge on any atom is 0.400 e. The van der Waals surface area contributed by atoms with Crippen molar-refractivity contribution in [1.29, 1.82) is 0 Å². The van der Waals surface area contributed by atoms with E-state index in [4.69, 9.17) is 0 Å². The fraction of sp³-hybridized carbons (Fsp3) is 0.455. The maximum atomic E-state index is 12.6. The highest BCUT2D eigenvalue weighted by molar-refractivity contribution is 5.16. The number of rotatable bonds is 3. The summed E-state index contributed by atoms with van der Waals surface area (Å²) in [4.78, 5) is 0. The van der Waals surface area contributed by atoms with Crippen molar-refractivity contribution in [1.82, 2.24) is 0 Å². The molecule has 0 amide bonds. The molecule has 0 aromatic rings. The van der Waals surface area contributed by atoms with Crippen molar-refractivity contribution < 1.29 is 13.2 Å². The summed E-state index contributed by atoms with van der Waals surface area (Å²) in [6.07, 6.45) is 4.12. The van der Waals surface area contributed by atoms with Crippen LogP contribution in [-0.2, 0) is 0 Å². The molecule has 3 heteroatoms. The summed E-state index contributed by atoms with van der Waals surface area (Å²) in [7, 11) is 0. The van der Waals surface area contributed by atoms with Gasteiger partial charge in [0, 0.05) is 0 Å². The van der Waals surface area contributed by atoms with Crippen molar-refractivity contribution in [3.8, 4) is 0 Å². The van der Waals surface area contributed by atoms with E-state index < -0.39 is 11.6 Å². The van der Waals surface area contributed by atoms with Gasteiger partial charge in [0.1, 0.15) is 0 Å². The molecule has 0 aliphatic carbocycles. The highest BCUT2D eigenvalue weighted by atomic mass is 19.4. The molecule has 0 fully saturated rings. The topological polar surface area (TPSA) is 0 Å². The third kappa shape index (κ3) is 3.40. The zero-order valence-corrected chi connectivity index (χ0v) is 8.60. The van der Waals surface area contributed by atoms with Crippen molar-refractivity contribution >= 4 is 0 Å². The molecule has 0 aliphatic rings. The largest absolute Gasteiger partial charge is 0.400 e. The van der Waals surface area contributed by atoms with Crippen LogP contribution in [0.2, 0.25) is 0 Å². The molecule has 80 valence electrons. The van der Waals surface area contributed by atoms with Crippen LogP contribution in [0, 0.1) is 5.41 Å². The normalized spacial score (nSPS) is 18.4. The van der Waals surface area contributed by atoms with Gasteiger partial charge in [0.15, 0.2) is 0 Å². The third-order valence-corrected chi connectivity index (χ3v) is 1.87. The summed E-state index contributed by atoms with van der Waals surface area (Å²) in [5, 5.41) is 0. The Balaban J connectivity index is 4.92. The first-order valence-electron chi connectivity index (χ1n) is 4.38. The lowest BCUT2D eigenvalue weighted by atomic mass is 9.89. The molecule has 0 heterocycles. The van der Waals surface area contributed by atoms with Crippen LogP contribution >= 0.6 is 0 Å². The smallest absolute Gasteiger partial charge is 0.170 e. The molecule has 1 unspecified atom stereocenters. The van der Waals surface area contributed by atoms with Gasteiger partial charge in [-0.25, -0.2) is 0 Å². The summed E-state index contributed by atoms with van der Waals surface area (Å²) in [5.74, 6) is 0. The fourth-order valence-electron chi connectivity index (χ4n) is 0.957. The molecule has 0 aromatic carbocycles. The Kier molecular flexibility index (Phi) is 4.68. The van der Waals surface area contributed by atoms with Crippen molar-refractivity contribution in [3.05, 3.63) is 36.5 Å². The molecule has 0 N–H and O–H groups in total. The van der Waals surface area contributed by atoms with Gasteiger partial charge in [-0.15, -0.1) is 0 Å². The summed E-state index contributed by atoms with van der Waals surface area (Å²) in [6.45, 7) is 4.48. The van der Waals surface area contributed by atoms with Crippen LogP contribution in [0.4, 0.5) is 13.2 Å². The van der Waals surface area contributed by atoms with E-state index in [1.165, 1.54) is 12.2 Å². The van der Waals surface area contributed by atoms with E-state index in [9.17, 15) is 13.2 Å². The minimum atomic E-state index is -4.25. The lowest BCUT2D eigenvalue weighted by Gasteiger charge is -2.25. The average Bonchev–Trinajstić information content (AvgIpc) is 2.03. The summed E-state index contributed by atoms with van der Waals surface area (Å²) in [5.41, 5.74) is -1.87. The monoisotopic (exact) mass is 204 g/mol. The van der Waals surface area contributed by atoms with Gasteiger partial charge < -0.3 is 0 Å². The molecule has 14 heavy (non-hydrogen) atoms.